The number of carbonyl (C=O) groups excluding carboxylic acids is 4. The second kappa shape index (κ2) is 26.1. The summed E-state index contributed by atoms with van der Waals surface area (Å²) in [7, 11) is 0. The molecule has 0 unspecified atom stereocenters. The average Bonchev–Trinajstić information content (AvgIpc) is 3.97. The maximum Gasteiger partial charge on any atom is 0.327 e. The van der Waals surface area contributed by atoms with Crippen LogP contribution < -0.4 is 0 Å². The molecule has 2 saturated heterocycles. The number of benzene rings is 4. The molecule has 4 aromatic carbocycles. The molecule has 2 aromatic heterocycles. The molecule has 10 heteroatoms. The molecule has 0 spiro atoms. The SMILES string of the molecule is C=CCN1C(=O)CC(C)(C)N(CC=C)C1=O.C=CCN1C(=O)N(CCC)C(=O)CC1(C)C.CC.CC.c1ccc(-c2cc3ccccc3[nH]2)cc1.c1ccc(-c2cc3ccccc3[nH]2)cc1. The largest absolute Gasteiger partial charge is 0.355 e. The summed E-state index contributed by atoms with van der Waals surface area (Å²) in [6.07, 6.45) is 6.42. The first-order chi connectivity index (χ1) is 31.7. The maximum absolute atomic E-state index is 12.1. The van der Waals surface area contributed by atoms with Crippen molar-refractivity contribution in [2.75, 3.05) is 26.2 Å². The summed E-state index contributed by atoms with van der Waals surface area (Å²) in [5.41, 5.74) is 6.34. The van der Waals surface area contributed by atoms with Crippen molar-refractivity contribution in [2.45, 2.75) is 92.7 Å². The number of nitrogens with zero attached hydrogens (tertiary/aromatic N) is 4. The minimum absolute atomic E-state index is 0.0721. The molecule has 4 heterocycles. The molecule has 2 fully saturated rings. The van der Waals surface area contributed by atoms with Crippen molar-refractivity contribution in [1.82, 2.24) is 29.6 Å². The topological polar surface area (TPSA) is 113 Å². The van der Waals surface area contributed by atoms with Gasteiger partial charge in [-0.1, -0.05) is 150 Å². The van der Waals surface area contributed by atoms with Crippen molar-refractivity contribution in [3.8, 4) is 22.5 Å². The summed E-state index contributed by atoms with van der Waals surface area (Å²) in [6.45, 7) is 30.1. The van der Waals surface area contributed by atoms with Gasteiger partial charge in [-0.05, 0) is 69.5 Å². The number of H-pyrrole nitrogens is 2. The van der Waals surface area contributed by atoms with Crippen LogP contribution in [0.15, 0.2) is 159 Å². The van der Waals surface area contributed by atoms with Crippen molar-refractivity contribution in [3.05, 3.63) is 159 Å². The zero-order valence-electron chi connectivity index (χ0n) is 40.8. The summed E-state index contributed by atoms with van der Waals surface area (Å²) in [4.78, 5) is 60.5. The number of amides is 6. The van der Waals surface area contributed by atoms with Crippen molar-refractivity contribution in [3.63, 3.8) is 0 Å². The van der Waals surface area contributed by atoms with Gasteiger partial charge in [-0.3, -0.25) is 19.4 Å². The summed E-state index contributed by atoms with van der Waals surface area (Å²) in [6, 6.07) is 41.3. The number of para-hydroxylation sites is 2. The van der Waals surface area contributed by atoms with Crippen LogP contribution in [0.2, 0.25) is 0 Å². The molecule has 2 aliphatic rings. The van der Waals surface area contributed by atoms with Crippen LogP contribution in [-0.4, -0.2) is 90.7 Å². The molecule has 6 amide bonds. The van der Waals surface area contributed by atoms with E-state index >= 15 is 0 Å². The minimum atomic E-state index is -0.444. The highest BCUT2D eigenvalue weighted by atomic mass is 16.2. The van der Waals surface area contributed by atoms with Crippen LogP contribution in [0, 0.1) is 0 Å². The van der Waals surface area contributed by atoms with Gasteiger partial charge in [0, 0.05) is 70.5 Å². The van der Waals surface area contributed by atoms with Gasteiger partial charge in [-0.15, -0.1) is 19.7 Å². The van der Waals surface area contributed by atoms with Crippen molar-refractivity contribution in [1.29, 1.82) is 0 Å². The third-order valence-electron chi connectivity index (χ3n) is 10.8. The molecular weight excluding hydrogens is 821 g/mol. The number of aromatic nitrogens is 2. The van der Waals surface area contributed by atoms with E-state index in [1.165, 1.54) is 54.1 Å². The van der Waals surface area contributed by atoms with Gasteiger partial charge in [0.2, 0.25) is 11.8 Å². The lowest BCUT2D eigenvalue weighted by Gasteiger charge is -2.45. The van der Waals surface area contributed by atoms with Crippen LogP contribution >= 0.6 is 0 Å². The summed E-state index contributed by atoms with van der Waals surface area (Å²) in [5, 5.41) is 2.52. The van der Waals surface area contributed by atoms with Gasteiger partial charge in [0.1, 0.15) is 0 Å². The van der Waals surface area contributed by atoms with Crippen LogP contribution in [-0.2, 0) is 9.59 Å². The van der Waals surface area contributed by atoms with E-state index in [9.17, 15) is 19.2 Å². The van der Waals surface area contributed by atoms with Crippen LogP contribution in [0.3, 0.4) is 0 Å². The van der Waals surface area contributed by atoms with Crippen LogP contribution in [0.1, 0.15) is 81.6 Å². The Morgan fingerprint density at radius 1 is 0.515 bits per heavy atom. The second-order valence-electron chi connectivity index (χ2n) is 16.5. The van der Waals surface area contributed by atoms with E-state index in [1.54, 1.807) is 28.0 Å². The molecule has 10 nitrogen and oxygen atoms in total. The highest BCUT2D eigenvalue weighted by molar-refractivity contribution is 5.99. The number of imide groups is 2. The Morgan fingerprint density at radius 3 is 1.23 bits per heavy atom. The number of rotatable bonds is 10. The highest BCUT2D eigenvalue weighted by Gasteiger charge is 2.43. The number of urea groups is 2. The Morgan fingerprint density at radius 2 is 0.864 bits per heavy atom. The number of fused-ring (bicyclic) bond motifs is 2. The van der Waals surface area contributed by atoms with E-state index in [-0.39, 0.29) is 30.4 Å². The molecule has 66 heavy (non-hydrogen) atoms. The fourth-order valence-corrected chi connectivity index (χ4v) is 7.50. The van der Waals surface area contributed by atoms with E-state index in [2.05, 4.69) is 127 Å². The van der Waals surface area contributed by atoms with Crippen molar-refractivity contribution >= 4 is 45.7 Å². The zero-order chi connectivity index (χ0) is 48.9. The molecule has 0 atom stereocenters. The molecule has 6 aromatic rings. The minimum Gasteiger partial charge on any atom is -0.355 e. The predicted molar refractivity (Wildman–Crippen MR) is 276 cm³/mol. The molecular formula is C56H72N6O4. The van der Waals surface area contributed by atoms with E-state index in [0.29, 0.717) is 32.5 Å². The number of hydrogen-bond acceptors (Lipinski definition) is 4. The van der Waals surface area contributed by atoms with E-state index in [4.69, 9.17) is 0 Å². The summed E-state index contributed by atoms with van der Waals surface area (Å²) < 4.78 is 0. The molecule has 0 saturated carbocycles. The fourth-order valence-electron chi connectivity index (χ4n) is 7.50. The Hall–Kier alpha value is -6.94. The monoisotopic (exact) mass is 893 g/mol. The lowest BCUT2D eigenvalue weighted by atomic mass is 9.94. The third kappa shape index (κ3) is 14.0. The first kappa shape index (κ1) is 53.4. The average molecular weight is 893 g/mol. The number of carbonyl (C=O) groups is 4. The zero-order valence-corrected chi connectivity index (χ0v) is 40.8. The lowest BCUT2D eigenvalue weighted by Crippen LogP contribution is -2.61. The standard InChI is InChI=1S/2C14H11N.C12H20N2O2.C12H18N2O2.2C2H6/c2*1-2-6-11(7-3-1)14-10-12-8-4-5-9-13(12)15-14;2*1-5-7-13-10(15)9-12(3,4)14(8-6-2)11(13)16;2*1-2/h2*1-10,15H;6H,2,5,7-9H2,1,3-4H3;5-6H,1-2,7-9H2,3-4H3;2*1-2H3. The maximum atomic E-state index is 12.1. The van der Waals surface area contributed by atoms with Crippen LogP contribution in [0.4, 0.5) is 9.59 Å². The number of nitrogens with one attached hydrogen (secondary N) is 2. The van der Waals surface area contributed by atoms with E-state index in [0.717, 1.165) is 6.42 Å². The molecule has 0 bridgehead atoms. The second-order valence-corrected chi connectivity index (χ2v) is 16.5. The molecule has 8 rings (SSSR count). The summed E-state index contributed by atoms with van der Waals surface area (Å²) in [5.74, 6) is -0.215. The fraction of sp³-hybridized carbons (Fsp3) is 0.321. The first-order valence-corrected chi connectivity index (χ1v) is 23.1. The van der Waals surface area contributed by atoms with Gasteiger partial charge in [-0.2, -0.15) is 0 Å². The molecule has 350 valence electrons. The van der Waals surface area contributed by atoms with Gasteiger partial charge in [0.25, 0.3) is 0 Å². The number of hydrogen-bond donors (Lipinski definition) is 2. The van der Waals surface area contributed by atoms with Crippen molar-refractivity contribution < 1.29 is 19.2 Å². The van der Waals surface area contributed by atoms with E-state index in [1.807, 2.05) is 86.6 Å². The Balaban J connectivity index is 0.000000227. The lowest BCUT2D eigenvalue weighted by molar-refractivity contribution is -0.135. The summed E-state index contributed by atoms with van der Waals surface area (Å²) >= 11 is 0. The van der Waals surface area contributed by atoms with Gasteiger partial charge in [-0.25, -0.2) is 9.59 Å². The molecule has 0 radical (unpaired) electrons. The third-order valence-corrected chi connectivity index (χ3v) is 10.8. The van der Waals surface area contributed by atoms with Crippen molar-refractivity contribution in [2.24, 2.45) is 0 Å². The number of aromatic amines is 2. The Kier molecular flexibility index (Phi) is 21.1. The quantitative estimate of drug-likeness (QED) is 0.133. The van der Waals surface area contributed by atoms with Crippen LogP contribution in [0.5, 0.6) is 0 Å². The normalized spacial score (nSPS) is 14.7. The van der Waals surface area contributed by atoms with Gasteiger partial charge in [0.15, 0.2) is 0 Å². The molecule has 2 aliphatic heterocycles. The molecule has 2 N–H and O–H groups in total. The van der Waals surface area contributed by atoms with Crippen LogP contribution in [0.25, 0.3) is 44.3 Å². The predicted octanol–water partition coefficient (Wildman–Crippen LogP) is 13.5. The smallest absolute Gasteiger partial charge is 0.327 e. The first-order valence-electron chi connectivity index (χ1n) is 23.1. The van der Waals surface area contributed by atoms with E-state index < -0.39 is 11.1 Å². The Labute approximate surface area is 393 Å². The van der Waals surface area contributed by atoms with Gasteiger partial charge >= 0.3 is 12.1 Å². The molecule has 0 aliphatic carbocycles. The van der Waals surface area contributed by atoms with Gasteiger partial charge in [0.05, 0.1) is 12.8 Å². The Bertz CT molecular complexity index is 2310. The highest BCUT2D eigenvalue weighted by Crippen LogP contribution is 2.29. The van der Waals surface area contributed by atoms with Gasteiger partial charge < -0.3 is 19.8 Å².